The zero-order valence-electron chi connectivity index (χ0n) is 10.3. The molecule has 1 heterocycles. The minimum absolute atomic E-state index is 0.602. The second-order valence-corrected chi connectivity index (χ2v) is 5.13. The molecule has 0 aliphatic heterocycles. The van der Waals surface area contributed by atoms with Gasteiger partial charge in [0.2, 0.25) is 5.16 Å². The molecule has 0 spiro atoms. The first-order valence-electron chi connectivity index (χ1n) is 5.78. The molecule has 2 rings (SSSR count). The molecule has 4 N–H and O–H groups in total. The fourth-order valence-corrected chi connectivity index (χ4v) is 2.21. The van der Waals surface area contributed by atoms with E-state index >= 15 is 0 Å². The van der Waals surface area contributed by atoms with E-state index in [2.05, 4.69) is 41.4 Å². The maximum atomic E-state index is 5.95. The fourth-order valence-electron chi connectivity index (χ4n) is 1.56. The summed E-state index contributed by atoms with van der Waals surface area (Å²) in [5, 5.41) is 8.89. The van der Waals surface area contributed by atoms with Crippen LogP contribution in [0.25, 0.3) is 0 Å². The normalized spacial score (nSPS) is 10.8. The lowest BCUT2D eigenvalue weighted by molar-refractivity contribution is 0.805. The molecule has 0 amide bonds. The molecule has 5 nitrogen and oxygen atoms in total. The molecule has 0 saturated carbocycles. The van der Waals surface area contributed by atoms with Gasteiger partial charge in [-0.3, -0.25) is 0 Å². The Labute approximate surface area is 111 Å². The van der Waals surface area contributed by atoms with Crippen molar-refractivity contribution < 1.29 is 0 Å². The number of aromatic nitrogens is 3. The van der Waals surface area contributed by atoms with Crippen LogP contribution in [0.5, 0.6) is 0 Å². The molecule has 0 saturated heterocycles. The number of nitrogens with two attached hydrogens (primary N) is 2. The molecule has 1 aromatic carbocycles. The smallest absolute Gasteiger partial charge is 0.209 e. The highest BCUT2D eigenvalue weighted by atomic mass is 32.2. The van der Waals surface area contributed by atoms with E-state index in [0.717, 1.165) is 11.6 Å². The Morgan fingerprint density at radius 2 is 1.94 bits per heavy atom. The molecule has 0 aliphatic carbocycles. The van der Waals surface area contributed by atoms with Gasteiger partial charge in [0.25, 0.3) is 0 Å². The third-order valence-corrected chi connectivity index (χ3v) is 3.54. The van der Waals surface area contributed by atoms with Crippen LogP contribution in [-0.2, 0) is 6.42 Å². The average Bonchev–Trinajstić information content (AvgIpc) is 2.71. The van der Waals surface area contributed by atoms with E-state index in [1.807, 2.05) is 0 Å². The van der Waals surface area contributed by atoms with Gasteiger partial charge < -0.3 is 11.6 Å². The largest absolute Gasteiger partial charge is 0.336 e. The van der Waals surface area contributed by atoms with E-state index in [0.29, 0.717) is 18.1 Å². The zero-order chi connectivity index (χ0) is 13.0. The lowest BCUT2D eigenvalue weighted by Gasteiger charge is -2.03. The van der Waals surface area contributed by atoms with Crippen LogP contribution >= 0.6 is 11.8 Å². The Morgan fingerprint density at radius 1 is 1.22 bits per heavy atom. The number of nitrogens with zero attached hydrogens (tertiary/aromatic N) is 3. The minimum atomic E-state index is 0.602. The number of rotatable bonds is 5. The Bertz CT molecular complexity index is 506. The number of hydrogen-bond donors (Lipinski definition) is 2. The minimum Gasteiger partial charge on any atom is -0.336 e. The Hall–Kier alpha value is -1.53. The summed E-state index contributed by atoms with van der Waals surface area (Å²) in [7, 11) is 0. The Morgan fingerprint density at radius 3 is 2.61 bits per heavy atom. The van der Waals surface area contributed by atoms with Crippen molar-refractivity contribution in [3.05, 3.63) is 41.2 Å². The monoisotopic (exact) mass is 263 g/mol. The molecule has 0 radical (unpaired) electrons. The Kier molecular flexibility index (Phi) is 4.22. The first-order valence-corrected chi connectivity index (χ1v) is 6.77. The summed E-state index contributed by atoms with van der Waals surface area (Å²) < 4.78 is 1.54. The SMILES string of the molecule is Cc1ccc(Cc2nnc(SCCN)n2N)cc1. The predicted octanol–water partition coefficient (Wildman–Crippen LogP) is 0.942. The number of thioether (sulfide) groups is 1. The van der Waals surface area contributed by atoms with E-state index in [1.54, 1.807) is 4.68 Å². The van der Waals surface area contributed by atoms with E-state index in [4.69, 9.17) is 11.6 Å². The van der Waals surface area contributed by atoms with E-state index in [9.17, 15) is 0 Å². The molecule has 2 aromatic rings. The van der Waals surface area contributed by atoms with Crippen molar-refractivity contribution in [3.63, 3.8) is 0 Å². The van der Waals surface area contributed by atoms with Crippen molar-refractivity contribution >= 4 is 11.8 Å². The summed E-state index contributed by atoms with van der Waals surface area (Å²) in [4.78, 5) is 0. The highest BCUT2D eigenvalue weighted by molar-refractivity contribution is 7.99. The summed E-state index contributed by atoms with van der Waals surface area (Å²) >= 11 is 1.52. The summed E-state index contributed by atoms with van der Waals surface area (Å²) in [5.41, 5.74) is 7.87. The van der Waals surface area contributed by atoms with Crippen LogP contribution < -0.4 is 11.6 Å². The van der Waals surface area contributed by atoms with Gasteiger partial charge in [0.1, 0.15) is 0 Å². The van der Waals surface area contributed by atoms with Gasteiger partial charge in [0.15, 0.2) is 5.82 Å². The average molecular weight is 263 g/mol. The van der Waals surface area contributed by atoms with Crippen molar-refractivity contribution in [2.45, 2.75) is 18.5 Å². The van der Waals surface area contributed by atoms with E-state index < -0.39 is 0 Å². The van der Waals surface area contributed by atoms with Gasteiger partial charge in [0, 0.05) is 18.7 Å². The second-order valence-electron chi connectivity index (χ2n) is 4.07. The molecule has 0 unspecified atom stereocenters. The van der Waals surface area contributed by atoms with Gasteiger partial charge >= 0.3 is 0 Å². The number of benzene rings is 1. The van der Waals surface area contributed by atoms with Crippen molar-refractivity contribution in [2.24, 2.45) is 5.73 Å². The summed E-state index contributed by atoms with van der Waals surface area (Å²) in [6.45, 7) is 2.67. The molecule has 0 aliphatic rings. The van der Waals surface area contributed by atoms with Crippen molar-refractivity contribution in [3.8, 4) is 0 Å². The first kappa shape index (κ1) is 12.9. The highest BCUT2D eigenvalue weighted by Gasteiger charge is 2.10. The summed E-state index contributed by atoms with van der Waals surface area (Å²) in [6.07, 6.45) is 0.687. The van der Waals surface area contributed by atoms with Crippen LogP contribution in [-0.4, -0.2) is 27.2 Å². The predicted molar refractivity (Wildman–Crippen MR) is 73.9 cm³/mol. The number of nitrogen functional groups attached to an aromatic ring is 1. The molecule has 18 heavy (non-hydrogen) atoms. The quantitative estimate of drug-likeness (QED) is 0.619. The lowest BCUT2D eigenvalue weighted by Crippen LogP contribution is -2.15. The first-order chi connectivity index (χ1) is 8.70. The summed E-state index contributed by atoms with van der Waals surface area (Å²) in [5.74, 6) is 7.51. The van der Waals surface area contributed by atoms with E-state index in [-0.39, 0.29) is 0 Å². The van der Waals surface area contributed by atoms with Gasteiger partial charge in [-0.1, -0.05) is 41.6 Å². The van der Waals surface area contributed by atoms with Crippen LogP contribution in [0.4, 0.5) is 0 Å². The summed E-state index contributed by atoms with van der Waals surface area (Å²) in [6, 6.07) is 8.32. The van der Waals surface area contributed by atoms with Crippen LogP contribution in [0.15, 0.2) is 29.4 Å². The van der Waals surface area contributed by atoms with Crippen molar-refractivity contribution in [1.82, 2.24) is 14.9 Å². The fraction of sp³-hybridized carbons (Fsp3) is 0.333. The zero-order valence-corrected chi connectivity index (χ0v) is 11.2. The maximum Gasteiger partial charge on any atom is 0.209 e. The van der Waals surface area contributed by atoms with Crippen molar-refractivity contribution in [1.29, 1.82) is 0 Å². The van der Waals surface area contributed by atoms with Gasteiger partial charge in [-0.15, -0.1) is 10.2 Å². The molecule has 96 valence electrons. The Balaban J connectivity index is 2.09. The van der Waals surface area contributed by atoms with Crippen LogP contribution in [0.2, 0.25) is 0 Å². The van der Waals surface area contributed by atoms with Crippen molar-refractivity contribution in [2.75, 3.05) is 18.1 Å². The van der Waals surface area contributed by atoms with Gasteiger partial charge in [-0.25, -0.2) is 4.68 Å². The standard InChI is InChI=1S/C12H17N5S/c1-9-2-4-10(5-3-9)8-11-15-16-12(17(11)14)18-7-6-13/h2-5H,6-8,13-14H2,1H3. The topological polar surface area (TPSA) is 82.8 Å². The highest BCUT2D eigenvalue weighted by Crippen LogP contribution is 2.15. The number of hydrogen-bond acceptors (Lipinski definition) is 5. The molecule has 1 aromatic heterocycles. The van der Waals surface area contributed by atoms with Crippen LogP contribution in [0, 0.1) is 6.92 Å². The maximum absolute atomic E-state index is 5.95. The third kappa shape index (κ3) is 3.02. The number of aryl methyl sites for hydroxylation is 1. The molecule has 0 atom stereocenters. The van der Waals surface area contributed by atoms with Crippen LogP contribution in [0.3, 0.4) is 0 Å². The molecular formula is C12H17N5S. The molecule has 6 heteroatoms. The second kappa shape index (κ2) is 5.88. The molecule has 0 fully saturated rings. The molecule has 0 bridgehead atoms. The van der Waals surface area contributed by atoms with Crippen LogP contribution in [0.1, 0.15) is 17.0 Å². The van der Waals surface area contributed by atoms with Gasteiger partial charge in [-0.2, -0.15) is 0 Å². The van der Waals surface area contributed by atoms with E-state index in [1.165, 1.54) is 22.9 Å². The van der Waals surface area contributed by atoms with Gasteiger partial charge in [-0.05, 0) is 12.5 Å². The van der Waals surface area contributed by atoms with Gasteiger partial charge in [0.05, 0.1) is 0 Å². The third-order valence-electron chi connectivity index (χ3n) is 2.57. The lowest BCUT2D eigenvalue weighted by atomic mass is 10.1. The molecular weight excluding hydrogens is 246 g/mol.